The number of rotatable bonds is 10. The summed E-state index contributed by atoms with van der Waals surface area (Å²) in [4.78, 5) is 49.0. The number of amides is 2. The third-order valence-electron chi connectivity index (χ3n) is 5.82. The highest BCUT2D eigenvalue weighted by Crippen LogP contribution is 2.28. The molecule has 2 unspecified atom stereocenters. The number of carbonyl (C=O) groups is 4. The van der Waals surface area contributed by atoms with E-state index in [1.807, 2.05) is 13.8 Å². The zero-order chi connectivity index (χ0) is 23.7. The first kappa shape index (κ1) is 25.4. The molecule has 0 radical (unpaired) electrons. The second-order valence-corrected chi connectivity index (χ2v) is 8.87. The summed E-state index contributed by atoms with van der Waals surface area (Å²) in [5.41, 5.74) is 0.870. The van der Waals surface area contributed by atoms with Crippen LogP contribution >= 0.6 is 0 Å². The topological polar surface area (TPSA) is 122 Å². The van der Waals surface area contributed by atoms with Crippen LogP contribution in [-0.2, 0) is 19.1 Å². The summed E-state index contributed by atoms with van der Waals surface area (Å²) in [6.07, 6.45) is 4.90. The van der Waals surface area contributed by atoms with E-state index >= 15 is 0 Å². The highest BCUT2D eigenvalue weighted by atomic mass is 16.5. The minimum absolute atomic E-state index is 0.00781. The summed E-state index contributed by atoms with van der Waals surface area (Å²) in [5, 5.41) is 14.9. The van der Waals surface area contributed by atoms with Crippen molar-refractivity contribution in [3.8, 4) is 0 Å². The normalized spacial score (nSPS) is 16.1. The summed E-state index contributed by atoms with van der Waals surface area (Å²) in [6, 6.07) is 5.58. The van der Waals surface area contributed by atoms with Crippen LogP contribution in [0.15, 0.2) is 24.3 Å². The van der Waals surface area contributed by atoms with Crippen LogP contribution in [0.5, 0.6) is 0 Å². The number of carboxylic acids is 1. The third kappa shape index (κ3) is 7.66. The maximum absolute atomic E-state index is 13.2. The van der Waals surface area contributed by atoms with Crippen molar-refractivity contribution in [2.75, 3.05) is 12.4 Å². The van der Waals surface area contributed by atoms with Crippen molar-refractivity contribution in [1.29, 1.82) is 0 Å². The predicted octanol–water partition coefficient (Wildman–Crippen LogP) is 3.61. The summed E-state index contributed by atoms with van der Waals surface area (Å²) in [7, 11) is 1.30. The number of hydrogen-bond donors (Lipinski definition) is 3. The van der Waals surface area contributed by atoms with Gasteiger partial charge in [-0.25, -0.2) is 4.79 Å². The smallest absolute Gasteiger partial charge is 0.337 e. The summed E-state index contributed by atoms with van der Waals surface area (Å²) in [6.45, 7) is 3.87. The Labute approximate surface area is 189 Å². The Morgan fingerprint density at radius 2 is 1.66 bits per heavy atom. The van der Waals surface area contributed by atoms with E-state index < -0.39 is 29.8 Å². The second kappa shape index (κ2) is 12.2. The first-order valence-corrected chi connectivity index (χ1v) is 11.2. The van der Waals surface area contributed by atoms with Gasteiger partial charge in [-0.1, -0.05) is 33.1 Å². The molecule has 8 nitrogen and oxygen atoms in total. The van der Waals surface area contributed by atoms with Gasteiger partial charge in [-0.15, -0.1) is 0 Å². The summed E-state index contributed by atoms with van der Waals surface area (Å²) in [5.74, 6) is -2.78. The van der Waals surface area contributed by atoms with Gasteiger partial charge in [0.25, 0.3) is 0 Å². The van der Waals surface area contributed by atoms with Gasteiger partial charge in [-0.3, -0.25) is 14.4 Å². The van der Waals surface area contributed by atoms with Crippen molar-refractivity contribution in [2.24, 2.45) is 17.8 Å². The Kier molecular flexibility index (Phi) is 9.68. The Bertz CT molecular complexity index is 799. The lowest BCUT2D eigenvalue weighted by Crippen LogP contribution is -2.51. The maximum atomic E-state index is 13.2. The molecule has 1 saturated carbocycles. The van der Waals surface area contributed by atoms with E-state index in [1.54, 1.807) is 24.3 Å². The molecule has 1 aromatic carbocycles. The number of carbonyl (C=O) groups excluding carboxylic acids is 3. The first-order valence-electron chi connectivity index (χ1n) is 11.2. The second-order valence-electron chi connectivity index (χ2n) is 8.87. The fourth-order valence-electron chi connectivity index (χ4n) is 4.23. The number of methoxy groups -OCH3 is 1. The van der Waals surface area contributed by atoms with Crippen molar-refractivity contribution in [1.82, 2.24) is 5.32 Å². The number of nitrogens with one attached hydrogen (secondary N) is 2. The van der Waals surface area contributed by atoms with E-state index in [9.17, 15) is 24.3 Å². The van der Waals surface area contributed by atoms with Gasteiger partial charge in [0.15, 0.2) is 0 Å². The van der Waals surface area contributed by atoms with E-state index in [1.165, 1.54) is 7.11 Å². The Morgan fingerprint density at radius 1 is 1.03 bits per heavy atom. The first-order chi connectivity index (χ1) is 15.2. The monoisotopic (exact) mass is 446 g/mol. The highest BCUT2D eigenvalue weighted by Gasteiger charge is 2.33. The van der Waals surface area contributed by atoms with Gasteiger partial charge >= 0.3 is 11.9 Å². The van der Waals surface area contributed by atoms with Crippen LogP contribution in [0.25, 0.3) is 0 Å². The number of anilines is 1. The van der Waals surface area contributed by atoms with Gasteiger partial charge < -0.3 is 20.5 Å². The van der Waals surface area contributed by atoms with Crippen LogP contribution in [0.1, 0.15) is 69.2 Å². The number of hydrogen-bond acceptors (Lipinski definition) is 5. The standard InChI is InChI=1S/C24H34N2O6/c1-15(2)13-18(14-20(27)28)22(29)26-21(16-7-5-4-6-8-16)23(30)25-19-11-9-17(10-12-19)24(31)32-3/h9-12,15-16,18,21H,4-8,13-14H2,1-3H3,(H,25,30)(H,26,29)(H,27,28). The molecule has 0 aliphatic heterocycles. The van der Waals surface area contributed by atoms with E-state index in [0.29, 0.717) is 17.7 Å². The zero-order valence-electron chi connectivity index (χ0n) is 19.1. The molecular formula is C24H34N2O6. The molecule has 0 heterocycles. The van der Waals surface area contributed by atoms with Crippen LogP contribution in [0.3, 0.4) is 0 Å². The van der Waals surface area contributed by atoms with Crippen molar-refractivity contribution in [3.05, 3.63) is 29.8 Å². The minimum Gasteiger partial charge on any atom is -0.481 e. The summed E-state index contributed by atoms with van der Waals surface area (Å²) < 4.78 is 4.68. The van der Waals surface area contributed by atoms with Crippen LogP contribution in [0.4, 0.5) is 5.69 Å². The third-order valence-corrected chi connectivity index (χ3v) is 5.82. The van der Waals surface area contributed by atoms with Gasteiger partial charge in [0.1, 0.15) is 6.04 Å². The van der Waals surface area contributed by atoms with Crippen molar-refractivity contribution in [2.45, 2.75) is 64.8 Å². The Balaban J connectivity index is 2.16. The van der Waals surface area contributed by atoms with E-state index in [4.69, 9.17) is 0 Å². The molecule has 32 heavy (non-hydrogen) atoms. The number of aliphatic carboxylic acids is 1. The van der Waals surface area contributed by atoms with Crippen LogP contribution in [0.2, 0.25) is 0 Å². The molecule has 2 amide bonds. The lowest BCUT2D eigenvalue weighted by Gasteiger charge is -2.31. The minimum atomic E-state index is -1.03. The number of ether oxygens (including phenoxy) is 1. The number of carboxylic acid groups (broad SMARTS) is 1. The lowest BCUT2D eigenvalue weighted by molar-refractivity contribution is -0.142. The number of benzene rings is 1. The van der Waals surface area contributed by atoms with Crippen molar-refractivity contribution in [3.63, 3.8) is 0 Å². The van der Waals surface area contributed by atoms with Gasteiger partial charge in [0.2, 0.25) is 11.8 Å². The SMILES string of the molecule is COC(=O)c1ccc(NC(=O)C(NC(=O)C(CC(=O)O)CC(C)C)C2CCCCC2)cc1. The molecule has 0 bridgehead atoms. The quantitative estimate of drug-likeness (QED) is 0.472. The Morgan fingerprint density at radius 3 is 2.19 bits per heavy atom. The molecule has 0 aromatic heterocycles. The molecule has 2 atom stereocenters. The molecule has 2 rings (SSSR count). The van der Waals surface area contributed by atoms with Crippen LogP contribution in [-0.4, -0.2) is 42.0 Å². The molecule has 3 N–H and O–H groups in total. The van der Waals surface area contributed by atoms with Crippen molar-refractivity contribution < 1.29 is 29.0 Å². The number of esters is 1. The molecule has 1 aromatic rings. The molecular weight excluding hydrogens is 412 g/mol. The van der Waals surface area contributed by atoms with Gasteiger partial charge in [0.05, 0.1) is 19.1 Å². The van der Waals surface area contributed by atoms with Gasteiger partial charge in [0, 0.05) is 11.6 Å². The van der Waals surface area contributed by atoms with Gasteiger partial charge in [-0.2, -0.15) is 0 Å². The Hall–Kier alpha value is -2.90. The van der Waals surface area contributed by atoms with Gasteiger partial charge in [-0.05, 0) is 55.4 Å². The van der Waals surface area contributed by atoms with Crippen molar-refractivity contribution >= 4 is 29.4 Å². The average molecular weight is 447 g/mol. The molecule has 8 heteroatoms. The lowest BCUT2D eigenvalue weighted by atomic mass is 9.83. The molecule has 0 saturated heterocycles. The fraction of sp³-hybridized carbons (Fsp3) is 0.583. The average Bonchev–Trinajstić information content (AvgIpc) is 2.76. The maximum Gasteiger partial charge on any atom is 0.337 e. The van der Waals surface area contributed by atoms with E-state index in [0.717, 1.165) is 32.1 Å². The van der Waals surface area contributed by atoms with E-state index in [-0.39, 0.29) is 24.2 Å². The molecule has 1 aliphatic carbocycles. The highest BCUT2D eigenvalue weighted by molar-refractivity contribution is 5.98. The van der Waals surface area contributed by atoms with E-state index in [2.05, 4.69) is 15.4 Å². The largest absolute Gasteiger partial charge is 0.481 e. The van der Waals surface area contributed by atoms with Crippen LogP contribution in [0, 0.1) is 17.8 Å². The predicted molar refractivity (Wildman–Crippen MR) is 120 cm³/mol. The molecule has 1 aliphatic rings. The summed E-state index contributed by atoms with van der Waals surface area (Å²) >= 11 is 0. The zero-order valence-corrected chi connectivity index (χ0v) is 19.1. The molecule has 176 valence electrons. The molecule has 0 spiro atoms. The molecule has 1 fully saturated rings. The van der Waals surface area contributed by atoms with Crippen LogP contribution < -0.4 is 10.6 Å². The fourth-order valence-corrected chi connectivity index (χ4v) is 4.23.